The lowest BCUT2D eigenvalue weighted by Crippen LogP contribution is -2.34. The molecule has 1 atom stereocenters. The monoisotopic (exact) mass is 274 g/mol. The largest absolute Gasteiger partial charge is 0.493 e. The third-order valence-corrected chi connectivity index (χ3v) is 3.23. The van der Waals surface area contributed by atoms with Gasteiger partial charge in [-0.2, -0.15) is 0 Å². The highest BCUT2D eigenvalue weighted by Crippen LogP contribution is 2.23. The van der Waals surface area contributed by atoms with E-state index < -0.39 is 0 Å². The van der Waals surface area contributed by atoms with Crippen molar-refractivity contribution in [3.8, 4) is 5.75 Å². The molecule has 1 unspecified atom stereocenters. The Morgan fingerprint density at radius 2 is 2.20 bits per heavy atom. The van der Waals surface area contributed by atoms with E-state index in [1.165, 1.54) is 0 Å². The zero-order valence-electron chi connectivity index (χ0n) is 11.9. The second-order valence-electron chi connectivity index (χ2n) is 4.80. The highest BCUT2D eigenvalue weighted by Gasteiger charge is 2.07. The molecule has 2 aromatic rings. The molecule has 0 saturated heterocycles. The minimum atomic E-state index is 0.100. The van der Waals surface area contributed by atoms with Gasteiger partial charge in [-0.1, -0.05) is 13.0 Å². The van der Waals surface area contributed by atoms with Gasteiger partial charge in [0.05, 0.1) is 18.7 Å². The number of nitrogens with one attached hydrogen (secondary N) is 1. The van der Waals surface area contributed by atoms with E-state index in [2.05, 4.69) is 17.2 Å². The van der Waals surface area contributed by atoms with E-state index in [4.69, 9.17) is 4.74 Å². The summed E-state index contributed by atoms with van der Waals surface area (Å²) in [4.78, 5) is 4.31. The Kier molecular flexibility index (Phi) is 5.77. The molecule has 0 aliphatic carbocycles. The van der Waals surface area contributed by atoms with Crippen LogP contribution in [0.25, 0.3) is 10.9 Å². The van der Waals surface area contributed by atoms with Gasteiger partial charge in [-0.3, -0.25) is 4.98 Å². The van der Waals surface area contributed by atoms with Crippen LogP contribution in [0.4, 0.5) is 0 Å². The lowest BCUT2D eigenvalue weighted by molar-refractivity contribution is 0.209. The normalized spacial score (nSPS) is 12.5. The Bertz CT molecular complexity index is 525. The predicted octanol–water partition coefficient (Wildman–Crippen LogP) is 2.36. The van der Waals surface area contributed by atoms with Crippen molar-refractivity contribution in [1.29, 1.82) is 0 Å². The van der Waals surface area contributed by atoms with Crippen molar-refractivity contribution < 1.29 is 9.84 Å². The molecule has 0 fully saturated rings. The zero-order valence-corrected chi connectivity index (χ0v) is 11.9. The topological polar surface area (TPSA) is 54.4 Å². The van der Waals surface area contributed by atoms with Gasteiger partial charge in [0.1, 0.15) is 5.75 Å². The molecule has 4 heteroatoms. The van der Waals surface area contributed by atoms with E-state index >= 15 is 0 Å². The van der Waals surface area contributed by atoms with Gasteiger partial charge in [0, 0.05) is 17.6 Å². The molecule has 0 amide bonds. The van der Waals surface area contributed by atoms with Gasteiger partial charge in [0.25, 0.3) is 0 Å². The Balaban J connectivity index is 1.92. The molecule has 0 aliphatic rings. The number of aromatic nitrogens is 1. The maximum atomic E-state index is 9.29. The molecule has 0 aliphatic heterocycles. The van der Waals surface area contributed by atoms with Crippen molar-refractivity contribution in [3.63, 3.8) is 0 Å². The number of rotatable bonds is 8. The lowest BCUT2D eigenvalue weighted by atomic mass is 10.2. The molecule has 20 heavy (non-hydrogen) atoms. The first kappa shape index (κ1) is 14.8. The fourth-order valence-corrected chi connectivity index (χ4v) is 2.12. The van der Waals surface area contributed by atoms with Crippen LogP contribution in [0.5, 0.6) is 5.75 Å². The fourth-order valence-electron chi connectivity index (χ4n) is 2.12. The van der Waals surface area contributed by atoms with Crippen molar-refractivity contribution in [2.75, 3.05) is 19.8 Å². The maximum Gasteiger partial charge on any atom is 0.128 e. The highest BCUT2D eigenvalue weighted by atomic mass is 16.5. The third-order valence-electron chi connectivity index (χ3n) is 3.23. The average molecular weight is 274 g/mol. The SMILES string of the molecule is CCCNC(CO)CCOc1cccc2ncccc12. The van der Waals surface area contributed by atoms with Crippen molar-refractivity contribution in [3.05, 3.63) is 36.5 Å². The number of aliphatic hydroxyl groups excluding tert-OH is 1. The molecule has 108 valence electrons. The molecule has 0 bridgehead atoms. The standard InChI is InChI=1S/C16H22N2O2/c1-2-9-17-13(12-19)8-11-20-16-7-3-6-15-14(16)5-4-10-18-15/h3-7,10,13,17,19H,2,8-9,11-12H2,1H3. The summed E-state index contributed by atoms with van der Waals surface area (Å²) in [6.07, 6.45) is 3.63. The summed E-state index contributed by atoms with van der Waals surface area (Å²) in [6, 6.07) is 9.90. The smallest absolute Gasteiger partial charge is 0.128 e. The van der Waals surface area contributed by atoms with E-state index in [-0.39, 0.29) is 12.6 Å². The van der Waals surface area contributed by atoms with Crippen LogP contribution >= 0.6 is 0 Å². The fraction of sp³-hybridized carbons (Fsp3) is 0.438. The molecule has 1 heterocycles. The van der Waals surface area contributed by atoms with Gasteiger partial charge in [0.2, 0.25) is 0 Å². The minimum absolute atomic E-state index is 0.100. The number of aliphatic hydroxyl groups is 1. The summed E-state index contributed by atoms with van der Waals surface area (Å²) in [5.74, 6) is 0.850. The number of fused-ring (bicyclic) bond motifs is 1. The molecule has 1 aromatic heterocycles. The van der Waals surface area contributed by atoms with Crippen LogP contribution in [0.3, 0.4) is 0 Å². The van der Waals surface area contributed by atoms with Gasteiger partial charge in [-0.25, -0.2) is 0 Å². The molecule has 4 nitrogen and oxygen atoms in total. The number of hydrogen-bond acceptors (Lipinski definition) is 4. The number of ether oxygens (including phenoxy) is 1. The Hall–Kier alpha value is -1.65. The summed E-state index contributed by atoms with van der Waals surface area (Å²) in [6.45, 7) is 3.75. The predicted molar refractivity (Wildman–Crippen MR) is 81.0 cm³/mol. The van der Waals surface area contributed by atoms with Crippen LogP contribution in [0, 0.1) is 0 Å². The molecule has 2 rings (SSSR count). The number of benzene rings is 1. The lowest BCUT2D eigenvalue weighted by Gasteiger charge is -2.16. The summed E-state index contributed by atoms with van der Waals surface area (Å²) >= 11 is 0. The van der Waals surface area contributed by atoms with Crippen molar-refractivity contribution in [2.45, 2.75) is 25.8 Å². The molecule has 0 radical (unpaired) electrons. The molecular formula is C16H22N2O2. The molecule has 2 N–H and O–H groups in total. The summed E-state index contributed by atoms with van der Waals surface area (Å²) in [7, 11) is 0. The summed E-state index contributed by atoms with van der Waals surface area (Å²) in [5.41, 5.74) is 0.938. The van der Waals surface area contributed by atoms with Crippen molar-refractivity contribution >= 4 is 10.9 Å². The van der Waals surface area contributed by atoms with Crippen molar-refractivity contribution in [2.24, 2.45) is 0 Å². The quantitative estimate of drug-likeness (QED) is 0.776. The second kappa shape index (κ2) is 7.82. The number of pyridine rings is 1. The first-order chi connectivity index (χ1) is 9.85. The highest BCUT2D eigenvalue weighted by molar-refractivity contribution is 5.84. The van der Waals surface area contributed by atoms with Crippen LogP contribution in [0.2, 0.25) is 0 Å². The molecule has 0 saturated carbocycles. The molecular weight excluding hydrogens is 252 g/mol. The van der Waals surface area contributed by atoms with Gasteiger partial charge in [-0.15, -0.1) is 0 Å². The van der Waals surface area contributed by atoms with E-state index in [1.54, 1.807) is 6.20 Å². The Morgan fingerprint density at radius 3 is 3.00 bits per heavy atom. The van der Waals surface area contributed by atoms with Crippen LogP contribution in [0.15, 0.2) is 36.5 Å². The third kappa shape index (κ3) is 3.92. The maximum absolute atomic E-state index is 9.29. The van der Waals surface area contributed by atoms with Gasteiger partial charge in [0.15, 0.2) is 0 Å². The minimum Gasteiger partial charge on any atom is -0.493 e. The van der Waals surface area contributed by atoms with Crippen molar-refractivity contribution in [1.82, 2.24) is 10.3 Å². The van der Waals surface area contributed by atoms with E-state index in [1.807, 2.05) is 30.3 Å². The first-order valence-electron chi connectivity index (χ1n) is 7.16. The average Bonchev–Trinajstić information content (AvgIpc) is 2.51. The van der Waals surface area contributed by atoms with Gasteiger partial charge >= 0.3 is 0 Å². The number of nitrogens with zero attached hydrogens (tertiary/aromatic N) is 1. The van der Waals surface area contributed by atoms with E-state index in [0.29, 0.717) is 6.61 Å². The molecule has 0 spiro atoms. The first-order valence-corrected chi connectivity index (χ1v) is 7.16. The number of hydrogen-bond donors (Lipinski definition) is 2. The summed E-state index contributed by atoms with van der Waals surface area (Å²) < 4.78 is 5.84. The van der Waals surface area contributed by atoms with Gasteiger partial charge in [-0.05, 0) is 43.7 Å². The van der Waals surface area contributed by atoms with E-state index in [0.717, 1.165) is 36.0 Å². The van der Waals surface area contributed by atoms with Crippen LogP contribution in [0.1, 0.15) is 19.8 Å². The van der Waals surface area contributed by atoms with Crippen LogP contribution in [-0.4, -0.2) is 35.9 Å². The summed E-state index contributed by atoms with van der Waals surface area (Å²) in [5, 5.41) is 13.6. The Morgan fingerprint density at radius 1 is 1.30 bits per heavy atom. The van der Waals surface area contributed by atoms with Crippen LogP contribution < -0.4 is 10.1 Å². The zero-order chi connectivity index (χ0) is 14.2. The molecule has 1 aromatic carbocycles. The second-order valence-corrected chi connectivity index (χ2v) is 4.80. The van der Waals surface area contributed by atoms with E-state index in [9.17, 15) is 5.11 Å². The van der Waals surface area contributed by atoms with Gasteiger partial charge < -0.3 is 15.2 Å². The van der Waals surface area contributed by atoms with Crippen LogP contribution in [-0.2, 0) is 0 Å². The Labute approximate surface area is 119 Å².